The van der Waals surface area contributed by atoms with E-state index in [9.17, 15) is 14.7 Å². The molecule has 1 heterocycles. The van der Waals surface area contributed by atoms with Crippen molar-refractivity contribution in [3.63, 3.8) is 0 Å². The van der Waals surface area contributed by atoms with Crippen molar-refractivity contribution in [2.24, 2.45) is 34.1 Å². The van der Waals surface area contributed by atoms with Gasteiger partial charge in [0.2, 0.25) is 11.8 Å². The Kier molecular flexibility index (Phi) is 4.50. The van der Waals surface area contributed by atoms with Crippen LogP contribution in [-0.4, -0.2) is 60.6 Å². The van der Waals surface area contributed by atoms with E-state index in [1.165, 1.54) is 4.90 Å². The van der Waals surface area contributed by atoms with Crippen molar-refractivity contribution in [1.82, 2.24) is 15.5 Å². The second kappa shape index (κ2) is 6.68. The van der Waals surface area contributed by atoms with Crippen molar-refractivity contribution in [2.45, 2.75) is 26.2 Å². The van der Waals surface area contributed by atoms with Gasteiger partial charge in [0.25, 0.3) is 0 Å². The Bertz CT molecular complexity index is 625. The van der Waals surface area contributed by atoms with E-state index in [2.05, 4.69) is 27.8 Å². The molecule has 7 nitrogen and oxygen atoms in total. The van der Waals surface area contributed by atoms with Gasteiger partial charge in [0.1, 0.15) is 0 Å². The van der Waals surface area contributed by atoms with Gasteiger partial charge in [-0.3, -0.25) is 19.5 Å². The molecule has 0 aromatic rings. The quantitative estimate of drug-likeness (QED) is 0.260. The van der Waals surface area contributed by atoms with Gasteiger partial charge >= 0.3 is 0 Å². The molecule has 142 valence electrons. The molecule has 4 rings (SSSR count). The van der Waals surface area contributed by atoms with Crippen LogP contribution in [0.15, 0.2) is 17.1 Å². The van der Waals surface area contributed by atoms with E-state index in [0.29, 0.717) is 25.6 Å². The zero-order valence-corrected chi connectivity index (χ0v) is 15.3. The Balaban J connectivity index is 1.31. The molecule has 1 saturated heterocycles. The summed E-state index contributed by atoms with van der Waals surface area (Å²) in [6, 6.07) is 0. The third-order valence-electron chi connectivity index (χ3n) is 6.40. The first-order chi connectivity index (χ1) is 12.6. The van der Waals surface area contributed by atoms with E-state index >= 15 is 0 Å². The van der Waals surface area contributed by atoms with Gasteiger partial charge in [-0.1, -0.05) is 12.2 Å². The van der Waals surface area contributed by atoms with Crippen molar-refractivity contribution in [3.05, 3.63) is 12.2 Å². The van der Waals surface area contributed by atoms with Crippen molar-refractivity contribution in [1.29, 1.82) is 0 Å². The van der Waals surface area contributed by atoms with E-state index in [0.717, 1.165) is 25.8 Å². The fourth-order valence-electron chi connectivity index (χ4n) is 4.60. The predicted molar refractivity (Wildman–Crippen MR) is 97.2 cm³/mol. The van der Waals surface area contributed by atoms with Crippen LogP contribution in [0.4, 0.5) is 0 Å². The van der Waals surface area contributed by atoms with Crippen LogP contribution < -0.4 is 10.6 Å². The number of aliphatic imine (C=N–C) groups is 1. The van der Waals surface area contributed by atoms with Crippen LogP contribution in [-0.2, 0) is 9.59 Å². The number of amides is 2. The lowest BCUT2D eigenvalue weighted by Gasteiger charge is -2.19. The van der Waals surface area contributed by atoms with Gasteiger partial charge in [0.15, 0.2) is 5.96 Å². The maximum atomic E-state index is 12.7. The highest BCUT2D eigenvalue weighted by molar-refractivity contribution is 6.06. The first-order valence-electron chi connectivity index (χ1n) is 9.75. The minimum atomic E-state index is -0.126. The molecule has 3 fully saturated rings. The number of hydrogen-bond acceptors (Lipinski definition) is 4. The molecule has 2 saturated carbocycles. The van der Waals surface area contributed by atoms with E-state index in [4.69, 9.17) is 0 Å². The summed E-state index contributed by atoms with van der Waals surface area (Å²) in [5.41, 5.74) is -0.0348. The van der Waals surface area contributed by atoms with Gasteiger partial charge < -0.3 is 15.7 Å². The molecule has 0 aromatic heterocycles. The number of imide groups is 1. The number of carbonyl (C=O) groups excluding carboxylic acids is 2. The van der Waals surface area contributed by atoms with Crippen LogP contribution in [0, 0.1) is 29.1 Å². The summed E-state index contributed by atoms with van der Waals surface area (Å²) in [5, 5.41) is 15.8. The number of nitrogens with one attached hydrogen (secondary N) is 2. The number of likely N-dealkylation sites (tertiary alicyclic amines) is 1. The van der Waals surface area contributed by atoms with Gasteiger partial charge in [-0.15, -0.1) is 0 Å². The number of fused-ring (bicyclic) bond motifs is 5. The molecule has 4 aliphatic rings. The van der Waals surface area contributed by atoms with Gasteiger partial charge in [-0.2, -0.15) is 0 Å². The molecule has 2 amide bonds. The molecular weight excluding hydrogens is 332 g/mol. The first-order valence-corrected chi connectivity index (χ1v) is 9.75. The number of guanidine groups is 1. The molecule has 0 aromatic carbocycles. The van der Waals surface area contributed by atoms with E-state index in [1.54, 1.807) is 0 Å². The first kappa shape index (κ1) is 17.5. The van der Waals surface area contributed by atoms with Crippen LogP contribution in [0.3, 0.4) is 0 Å². The van der Waals surface area contributed by atoms with Crippen molar-refractivity contribution in [3.8, 4) is 0 Å². The van der Waals surface area contributed by atoms with Crippen LogP contribution >= 0.6 is 0 Å². The van der Waals surface area contributed by atoms with Crippen LogP contribution in [0.1, 0.15) is 26.2 Å². The number of carbonyl (C=O) groups is 2. The summed E-state index contributed by atoms with van der Waals surface area (Å²) in [6.45, 7) is 4.36. The predicted octanol–water partition coefficient (Wildman–Crippen LogP) is 0.121. The van der Waals surface area contributed by atoms with Gasteiger partial charge in [0.05, 0.1) is 25.0 Å². The highest BCUT2D eigenvalue weighted by Gasteiger charge is 2.58. The molecule has 4 atom stereocenters. The minimum Gasteiger partial charge on any atom is -0.396 e. The summed E-state index contributed by atoms with van der Waals surface area (Å²) < 4.78 is 0. The fourth-order valence-corrected chi connectivity index (χ4v) is 4.60. The van der Waals surface area contributed by atoms with Crippen molar-refractivity contribution in [2.75, 3.05) is 32.8 Å². The lowest BCUT2D eigenvalue weighted by molar-refractivity contribution is -0.140. The second-order valence-corrected chi connectivity index (χ2v) is 8.11. The van der Waals surface area contributed by atoms with E-state index < -0.39 is 0 Å². The number of nitrogens with zero attached hydrogens (tertiary/aromatic N) is 2. The molecule has 26 heavy (non-hydrogen) atoms. The van der Waals surface area contributed by atoms with Crippen LogP contribution in [0.2, 0.25) is 0 Å². The third kappa shape index (κ3) is 2.92. The molecule has 2 bridgehead atoms. The highest BCUT2D eigenvalue weighted by Crippen LogP contribution is 2.52. The summed E-state index contributed by atoms with van der Waals surface area (Å²) in [4.78, 5) is 31.3. The maximum Gasteiger partial charge on any atom is 0.233 e. The molecular formula is C19H28N4O3. The molecule has 0 radical (unpaired) electrons. The number of aliphatic hydroxyl groups excluding tert-OH is 1. The monoisotopic (exact) mass is 360 g/mol. The van der Waals surface area contributed by atoms with Crippen LogP contribution in [0.25, 0.3) is 0 Å². The number of hydrogen-bond donors (Lipinski definition) is 3. The minimum absolute atomic E-state index is 0.00203. The van der Waals surface area contributed by atoms with Crippen molar-refractivity contribution >= 4 is 17.8 Å². The Morgan fingerprint density at radius 2 is 1.88 bits per heavy atom. The van der Waals surface area contributed by atoms with Crippen molar-refractivity contribution < 1.29 is 14.7 Å². The lowest BCUT2D eigenvalue weighted by Crippen LogP contribution is -2.44. The fraction of sp³-hybridized carbons (Fsp3) is 0.737. The Labute approximate surface area is 153 Å². The SMILES string of the molecule is CCNC(=NCC1(CO)CC1)NCCN1C(=O)C2C3C=CC(C3)C2C1=O. The maximum absolute atomic E-state index is 12.7. The Morgan fingerprint density at radius 3 is 2.42 bits per heavy atom. The Hall–Kier alpha value is -1.89. The molecule has 0 spiro atoms. The van der Waals surface area contributed by atoms with E-state index in [1.807, 2.05) is 6.92 Å². The van der Waals surface area contributed by atoms with Gasteiger partial charge in [0, 0.05) is 25.0 Å². The third-order valence-corrected chi connectivity index (χ3v) is 6.40. The number of allylic oxidation sites excluding steroid dienone is 2. The van der Waals surface area contributed by atoms with E-state index in [-0.39, 0.29) is 47.5 Å². The largest absolute Gasteiger partial charge is 0.396 e. The zero-order chi connectivity index (χ0) is 18.3. The van der Waals surface area contributed by atoms with Gasteiger partial charge in [-0.25, -0.2) is 0 Å². The average molecular weight is 360 g/mol. The summed E-state index contributed by atoms with van der Waals surface area (Å²) >= 11 is 0. The second-order valence-electron chi connectivity index (χ2n) is 8.11. The summed E-state index contributed by atoms with van der Waals surface area (Å²) in [7, 11) is 0. The lowest BCUT2D eigenvalue weighted by atomic mass is 9.85. The molecule has 1 aliphatic heterocycles. The highest BCUT2D eigenvalue weighted by atomic mass is 16.3. The van der Waals surface area contributed by atoms with Crippen LogP contribution in [0.5, 0.6) is 0 Å². The molecule has 3 aliphatic carbocycles. The summed E-state index contributed by atoms with van der Waals surface area (Å²) in [6.07, 6.45) is 7.22. The standard InChI is InChI=1S/C19H28N4O3/c1-2-20-18(22-10-19(11-24)5-6-19)21-7-8-23-16(25)14-12-3-4-13(9-12)15(14)17(23)26/h3-4,12-15,24H,2,5-11H2,1H3,(H2,20,21,22). The normalized spacial score (nSPS) is 33.8. The molecule has 4 unspecified atom stereocenters. The number of aliphatic hydroxyl groups is 1. The smallest absolute Gasteiger partial charge is 0.233 e. The topological polar surface area (TPSA) is 94.0 Å². The Morgan fingerprint density at radius 1 is 1.23 bits per heavy atom. The van der Waals surface area contributed by atoms with Gasteiger partial charge in [-0.05, 0) is 38.0 Å². The zero-order valence-electron chi connectivity index (χ0n) is 15.3. The number of rotatable bonds is 7. The average Bonchev–Trinajstić information content (AvgIpc) is 3.00. The summed E-state index contributed by atoms with van der Waals surface area (Å²) in [5.74, 6) is 0.930. The molecule has 7 heteroatoms. The molecule has 3 N–H and O–H groups in total.